The second-order valence-corrected chi connectivity index (χ2v) is 8.21. The number of carbonyl (C=O) groups is 1. The molecule has 3 rings (SSSR count). The zero-order valence-electron chi connectivity index (χ0n) is 17.9. The predicted molar refractivity (Wildman–Crippen MR) is 121 cm³/mol. The van der Waals surface area contributed by atoms with Crippen molar-refractivity contribution in [1.29, 1.82) is 0 Å². The van der Waals surface area contributed by atoms with E-state index in [4.69, 9.17) is 9.47 Å². The van der Waals surface area contributed by atoms with E-state index in [0.29, 0.717) is 12.4 Å². The number of carbonyl (C=O) groups excluding carboxylic acids is 1. The summed E-state index contributed by atoms with van der Waals surface area (Å²) in [5.41, 5.74) is 1.000. The van der Waals surface area contributed by atoms with Crippen molar-refractivity contribution in [3.63, 3.8) is 0 Å². The Hall–Kier alpha value is -3.00. The average molecular weight is 443 g/mol. The van der Waals surface area contributed by atoms with Gasteiger partial charge in [0.1, 0.15) is 5.03 Å². The largest absolute Gasteiger partial charge is 0.492 e. The van der Waals surface area contributed by atoms with Crippen LogP contribution in [0.25, 0.3) is 0 Å². The number of methoxy groups -OCH3 is 1. The summed E-state index contributed by atoms with van der Waals surface area (Å²) in [7, 11) is 3.26. The Morgan fingerprint density at radius 2 is 2.00 bits per heavy atom. The maximum atomic E-state index is 12.8. The zero-order chi connectivity index (χ0) is 22.4. The lowest BCUT2D eigenvalue weighted by Crippen LogP contribution is -2.16. The van der Waals surface area contributed by atoms with Crippen LogP contribution < -0.4 is 4.90 Å². The second-order valence-electron chi connectivity index (χ2n) is 7.18. The van der Waals surface area contributed by atoms with Crippen molar-refractivity contribution in [2.45, 2.75) is 37.5 Å². The number of allylic oxidation sites excluding steroid dienone is 4. The van der Waals surface area contributed by atoms with Crippen LogP contribution in [0.2, 0.25) is 0 Å². The number of unbranched alkanes of at least 4 members (excludes halogenated alkanes) is 3. The molecule has 0 spiro atoms. The first kappa shape index (κ1) is 22.7. The minimum absolute atomic E-state index is 0.0662. The molecule has 2 aliphatic rings. The Labute approximate surface area is 186 Å². The van der Waals surface area contributed by atoms with Crippen LogP contribution >= 0.6 is 11.8 Å². The van der Waals surface area contributed by atoms with Gasteiger partial charge in [0.2, 0.25) is 5.78 Å². The summed E-state index contributed by atoms with van der Waals surface area (Å²) in [6, 6.07) is 7.98. The fourth-order valence-electron chi connectivity index (χ4n) is 3.31. The molecule has 1 aliphatic heterocycles. The number of ketones is 1. The molecule has 0 N–H and O–H groups in total. The van der Waals surface area contributed by atoms with Crippen molar-refractivity contribution in [1.82, 2.24) is 0 Å². The summed E-state index contributed by atoms with van der Waals surface area (Å²) >= 11 is 1.55. The van der Waals surface area contributed by atoms with E-state index < -0.39 is 10.7 Å². The quantitative estimate of drug-likeness (QED) is 0.171. The van der Waals surface area contributed by atoms with Crippen molar-refractivity contribution in [2.75, 3.05) is 25.7 Å². The highest BCUT2D eigenvalue weighted by atomic mass is 32.2. The molecule has 1 aromatic rings. The van der Waals surface area contributed by atoms with E-state index in [1.54, 1.807) is 17.8 Å². The smallest absolute Gasteiger partial charge is 0.274 e. The number of thioether (sulfide) groups is 1. The van der Waals surface area contributed by atoms with Crippen LogP contribution in [0.4, 0.5) is 5.69 Å². The molecule has 1 aromatic carbocycles. The molecule has 0 bridgehead atoms. The third-order valence-electron chi connectivity index (χ3n) is 4.99. The number of hydrogen-bond donors (Lipinski definition) is 0. The lowest BCUT2D eigenvalue weighted by atomic mass is 10.0. The Kier molecular flexibility index (Phi) is 7.57. The molecular weight excluding hydrogens is 416 g/mol. The first-order chi connectivity index (χ1) is 15.0. The van der Waals surface area contributed by atoms with Crippen LogP contribution in [0, 0.1) is 10.1 Å². The van der Waals surface area contributed by atoms with Gasteiger partial charge in [0, 0.05) is 23.6 Å². The van der Waals surface area contributed by atoms with E-state index in [9.17, 15) is 14.9 Å². The molecule has 0 saturated carbocycles. The van der Waals surface area contributed by atoms with Crippen molar-refractivity contribution >= 4 is 23.2 Å². The monoisotopic (exact) mass is 442 g/mol. The van der Waals surface area contributed by atoms with E-state index >= 15 is 0 Å². The molecule has 0 fully saturated rings. The zero-order valence-corrected chi connectivity index (χ0v) is 18.7. The number of fused-ring (bicyclic) bond motifs is 1. The van der Waals surface area contributed by atoms with Crippen molar-refractivity contribution < 1.29 is 19.2 Å². The molecule has 1 aliphatic carbocycles. The van der Waals surface area contributed by atoms with Crippen LogP contribution in [-0.4, -0.2) is 31.5 Å². The predicted octanol–water partition coefficient (Wildman–Crippen LogP) is 5.19. The first-order valence-electron chi connectivity index (χ1n) is 10.2. The summed E-state index contributed by atoms with van der Waals surface area (Å²) in [4.78, 5) is 26.6. The molecule has 164 valence electrons. The lowest BCUT2D eigenvalue weighted by Gasteiger charge is -2.18. The normalized spacial score (nSPS) is 18.5. The van der Waals surface area contributed by atoms with Crippen LogP contribution in [0.5, 0.6) is 0 Å². The summed E-state index contributed by atoms with van der Waals surface area (Å²) in [5.74, 6) is 0.0345. The lowest BCUT2D eigenvalue weighted by molar-refractivity contribution is -0.419. The average Bonchev–Trinajstić information content (AvgIpc) is 3.10. The van der Waals surface area contributed by atoms with Gasteiger partial charge in [0.25, 0.3) is 5.70 Å². The van der Waals surface area contributed by atoms with Gasteiger partial charge in [-0.05, 0) is 24.6 Å². The SMILES string of the molecule is CCCCCCOC(/C=C1\C=C([N+](=O)[O-])C=C(OC)C1=O)=C1\Sc2ccccc2N1C. The number of ether oxygens (including phenoxy) is 2. The van der Waals surface area contributed by atoms with Crippen LogP contribution in [0.3, 0.4) is 0 Å². The molecule has 0 radical (unpaired) electrons. The standard InChI is InChI=1S/C23H26N2O5S/c1-4-5-6-9-12-30-20(23-24(2)18-10-7-8-11-21(18)31-23)14-16-13-17(25(27)28)15-19(29-3)22(16)26/h7-8,10-11,13-15H,4-6,9,12H2,1-3H3/b16-14+,23-20-. The van der Waals surface area contributed by atoms with Crippen LogP contribution in [0.15, 0.2) is 75.2 Å². The Morgan fingerprint density at radius 1 is 1.23 bits per heavy atom. The van der Waals surface area contributed by atoms with Gasteiger partial charge in [-0.25, -0.2) is 0 Å². The molecule has 8 heteroatoms. The van der Waals surface area contributed by atoms with E-state index in [-0.39, 0.29) is 17.0 Å². The van der Waals surface area contributed by atoms with Gasteiger partial charge >= 0.3 is 0 Å². The number of anilines is 1. The van der Waals surface area contributed by atoms with E-state index in [2.05, 4.69) is 6.92 Å². The summed E-state index contributed by atoms with van der Waals surface area (Å²) in [6.45, 7) is 2.65. The number of hydrogen-bond acceptors (Lipinski definition) is 7. The minimum atomic E-state index is -0.538. The fourth-order valence-corrected chi connectivity index (χ4v) is 4.43. The van der Waals surface area contributed by atoms with E-state index in [0.717, 1.165) is 47.4 Å². The number of nitrogens with zero attached hydrogens (tertiary/aromatic N) is 2. The maximum Gasteiger partial charge on any atom is 0.274 e. The van der Waals surface area contributed by atoms with Gasteiger partial charge in [0.05, 0.1) is 30.4 Å². The van der Waals surface area contributed by atoms with Crippen molar-refractivity contribution in [2.24, 2.45) is 0 Å². The van der Waals surface area contributed by atoms with Crippen LogP contribution in [0.1, 0.15) is 32.6 Å². The fraction of sp³-hybridized carbons (Fsp3) is 0.348. The van der Waals surface area contributed by atoms with E-state index in [1.807, 2.05) is 36.2 Å². The molecule has 0 aromatic heterocycles. The molecule has 0 amide bonds. The third kappa shape index (κ3) is 5.19. The van der Waals surface area contributed by atoms with Gasteiger partial charge in [-0.1, -0.05) is 50.1 Å². The summed E-state index contributed by atoms with van der Waals surface area (Å²) in [6.07, 6.45) is 8.19. The molecule has 1 heterocycles. The van der Waals surface area contributed by atoms with Crippen molar-refractivity contribution in [3.05, 3.63) is 80.4 Å². The van der Waals surface area contributed by atoms with Gasteiger partial charge in [-0.15, -0.1) is 0 Å². The molecular formula is C23H26N2O5S. The molecule has 7 nitrogen and oxygen atoms in total. The maximum absolute atomic E-state index is 12.8. The van der Waals surface area contributed by atoms with Gasteiger partial charge < -0.3 is 14.4 Å². The number of Topliss-reactive ketones (excluding diaryl/α,β-unsaturated/α-hetero) is 1. The number of benzene rings is 1. The molecule has 0 unspecified atom stereocenters. The second kappa shape index (κ2) is 10.3. The molecule has 31 heavy (non-hydrogen) atoms. The highest BCUT2D eigenvalue weighted by molar-refractivity contribution is 8.03. The number of rotatable bonds is 9. The molecule has 0 saturated heterocycles. The Balaban J connectivity index is 1.98. The first-order valence-corrected chi connectivity index (χ1v) is 11.0. The number of para-hydroxylation sites is 1. The summed E-state index contributed by atoms with van der Waals surface area (Å²) < 4.78 is 11.2. The Morgan fingerprint density at radius 3 is 2.68 bits per heavy atom. The van der Waals surface area contributed by atoms with Crippen LogP contribution in [-0.2, 0) is 14.3 Å². The molecule has 0 atom stereocenters. The third-order valence-corrected chi connectivity index (χ3v) is 6.22. The van der Waals surface area contributed by atoms with Crippen molar-refractivity contribution in [3.8, 4) is 0 Å². The summed E-state index contributed by atoms with van der Waals surface area (Å²) in [5, 5.41) is 12.2. The van der Waals surface area contributed by atoms with Gasteiger partial charge in [-0.2, -0.15) is 0 Å². The van der Waals surface area contributed by atoms with Gasteiger partial charge in [-0.3, -0.25) is 14.9 Å². The number of nitro groups is 1. The van der Waals surface area contributed by atoms with E-state index in [1.165, 1.54) is 13.2 Å². The Bertz CT molecular complexity index is 993. The minimum Gasteiger partial charge on any atom is -0.492 e. The van der Waals surface area contributed by atoms with Gasteiger partial charge in [0.15, 0.2) is 11.5 Å². The highest BCUT2D eigenvalue weighted by Crippen LogP contribution is 2.46. The topological polar surface area (TPSA) is 81.9 Å². The highest BCUT2D eigenvalue weighted by Gasteiger charge is 2.29.